The minimum absolute atomic E-state index is 0.538. The third-order valence-electron chi connectivity index (χ3n) is 3.19. The van der Waals surface area contributed by atoms with E-state index in [0.717, 1.165) is 47.1 Å². The van der Waals surface area contributed by atoms with Crippen LogP contribution in [0.3, 0.4) is 0 Å². The molecule has 1 aliphatic rings. The maximum atomic E-state index is 5.33. The van der Waals surface area contributed by atoms with Crippen LogP contribution in [0.1, 0.15) is 12.8 Å². The lowest BCUT2D eigenvalue weighted by molar-refractivity contribution is 0.243. The van der Waals surface area contributed by atoms with Crippen LogP contribution in [0.4, 0.5) is 5.69 Å². The average Bonchev–Trinajstić information content (AvgIpc) is 2.35. The zero-order chi connectivity index (χ0) is 13.0. The molecule has 18 heavy (non-hydrogen) atoms. The average molecular weight is 372 g/mol. The lowest BCUT2D eigenvalue weighted by atomic mass is 10.0. The van der Waals surface area contributed by atoms with Crippen LogP contribution < -0.4 is 5.32 Å². The molecule has 1 N–H and O–H groups in total. The molecule has 2 nitrogen and oxygen atoms in total. The molecule has 4 heteroatoms. The van der Waals surface area contributed by atoms with Gasteiger partial charge in [0.05, 0.1) is 6.54 Å². The van der Waals surface area contributed by atoms with E-state index in [-0.39, 0.29) is 0 Å². The largest absolute Gasteiger partial charge is 0.381 e. The first-order valence-electron chi connectivity index (χ1n) is 6.06. The maximum absolute atomic E-state index is 5.33. The van der Waals surface area contributed by atoms with E-state index in [1.807, 2.05) is 0 Å². The SMILES string of the molecule is C#CCN1CCC(Nc2ccc(Br)cc2Br)CC1. The van der Waals surface area contributed by atoms with E-state index in [9.17, 15) is 0 Å². The van der Waals surface area contributed by atoms with E-state index >= 15 is 0 Å². The fraction of sp³-hybridized carbons (Fsp3) is 0.429. The van der Waals surface area contributed by atoms with Gasteiger partial charge >= 0.3 is 0 Å². The van der Waals surface area contributed by atoms with Crippen molar-refractivity contribution in [3.05, 3.63) is 27.1 Å². The molecule has 0 radical (unpaired) electrons. The Labute approximate surface area is 125 Å². The highest BCUT2D eigenvalue weighted by Crippen LogP contribution is 2.28. The molecule has 0 aromatic heterocycles. The van der Waals surface area contributed by atoms with Crippen molar-refractivity contribution in [1.29, 1.82) is 0 Å². The van der Waals surface area contributed by atoms with Gasteiger partial charge in [-0.05, 0) is 47.0 Å². The molecule has 96 valence electrons. The van der Waals surface area contributed by atoms with Gasteiger partial charge in [0.25, 0.3) is 0 Å². The number of terminal acetylenes is 1. The summed E-state index contributed by atoms with van der Waals surface area (Å²) >= 11 is 7.04. The van der Waals surface area contributed by atoms with Gasteiger partial charge in [-0.15, -0.1) is 6.42 Å². The van der Waals surface area contributed by atoms with Crippen LogP contribution in [0.5, 0.6) is 0 Å². The molecule has 1 fully saturated rings. The third-order valence-corrected chi connectivity index (χ3v) is 4.34. The molecular formula is C14H16Br2N2. The van der Waals surface area contributed by atoms with Crippen molar-refractivity contribution in [3.63, 3.8) is 0 Å². The van der Waals surface area contributed by atoms with E-state index < -0.39 is 0 Å². The molecule has 0 atom stereocenters. The van der Waals surface area contributed by atoms with Gasteiger partial charge in [0.15, 0.2) is 0 Å². The summed E-state index contributed by atoms with van der Waals surface area (Å²) < 4.78 is 2.19. The highest BCUT2D eigenvalue weighted by atomic mass is 79.9. The third kappa shape index (κ3) is 3.74. The number of rotatable bonds is 3. The molecule has 1 aromatic carbocycles. The standard InChI is InChI=1S/C14H16Br2N2/c1-2-7-18-8-5-12(6-9-18)17-14-4-3-11(15)10-13(14)16/h1,3-4,10,12,17H,5-9H2. The Bertz CT molecular complexity index is 446. The number of nitrogens with one attached hydrogen (secondary N) is 1. The zero-order valence-corrected chi connectivity index (χ0v) is 13.3. The van der Waals surface area contributed by atoms with Crippen molar-refractivity contribution < 1.29 is 0 Å². The number of hydrogen-bond acceptors (Lipinski definition) is 2. The van der Waals surface area contributed by atoms with Gasteiger partial charge in [-0.1, -0.05) is 21.9 Å². The fourth-order valence-corrected chi connectivity index (χ4v) is 3.35. The van der Waals surface area contributed by atoms with E-state index in [4.69, 9.17) is 6.42 Å². The minimum atomic E-state index is 0.538. The van der Waals surface area contributed by atoms with Gasteiger partial charge in [0.2, 0.25) is 0 Å². The molecule has 0 saturated carbocycles. The predicted octanol–water partition coefficient (Wildman–Crippen LogP) is 3.72. The molecule has 0 amide bonds. The minimum Gasteiger partial charge on any atom is -0.381 e. The van der Waals surface area contributed by atoms with Crippen LogP contribution in [0.2, 0.25) is 0 Å². The van der Waals surface area contributed by atoms with Gasteiger partial charge in [-0.2, -0.15) is 0 Å². The summed E-state index contributed by atoms with van der Waals surface area (Å²) in [5, 5.41) is 3.59. The highest BCUT2D eigenvalue weighted by molar-refractivity contribution is 9.11. The second-order valence-corrected chi connectivity index (χ2v) is 6.29. The van der Waals surface area contributed by atoms with Gasteiger partial charge in [0.1, 0.15) is 0 Å². The normalized spacial score (nSPS) is 17.4. The number of anilines is 1. The summed E-state index contributed by atoms with van der Waals surface area (Å²) in [7, 11) is 0. The topological polar surface area (TPSA) is 15.3 Å². The van der Waals surface area contributed by atoms with Crippen molar-refractivity contribution in [2.75, 3.05) is 25.0 Å². The van der Waals surface area contributed by atoms with Gasteiger partial charge in [-0.3, -0.25) is 4.90 Å². The number of piperidine rings is 1. The molecule has 0 spiro atoms. The van der Waals surface area contributed by atoms with E-state index in [0.29, 0.717) is 6.04 Å². The second-order valence-electron chi connectivity index (χ2n) is 4.52. The van der Waals surface area contributed by atoms with E-state index in [2.05, 4.69) is 66.2 Å². The number of halogens is 2. The number of likely N-dealkylation sites (tertiary alicyclic amines) is 1. The smallest absolute Gasteiger partial charge is 0.0598 e. The number of benzene rings is 1. The molecule has 1 saturated heterocycles. The summed E-state index contributed by atoms with van der Waals surface area (Å²) in [5.41, 5.74) is 1.16. The lowest BCUT2D eigenvalue weighted by Gasteiger charge is -2.31. The monoisotopic (exact) mass is 370 g/mol. The molecule has 0 aliphatic carbocycles. The van der Waals surface area contributed by atoms with Gasteiger partial charge in [-0.25, -0.2) is 0 Å². The summed E-state index contributed by atoms with van der Waals surface area (Å²) in [6.07, 6.45) is 7.62. The van der Waals surface area contributed by atoms with Crippen LogP contribution in [-0.4, -0.2) is 30.6 Å². The Balaban J connectivity index is 1.90. The van der Waals surface area contributed by atoms with Crippen molar-refractivity contribution >= 4 is 37.5 Å². The summed E-state index contributed by atoms with van der Waals surface area (Å²) in [6.45, 7) is 2.93. The fourth-order valence-electron chi connectivity index (χ4n) is 2.19. The van der Waals surface area contributed by atoms with Crippen LogP contribution in [0.15, 0.2) is 27.1 Å². The second kappa shape index (κ2) is 6.60. The Morgan fingerprint density at radius 3 is 2.67 bits per heavy atom. The maximum Gasteiger partial charge on any atom is 0.0598 e. The van der Waals surface area contributed by atoms with Gasteiger partial charge < -0.3 is 5.32 Å². The van der Waals surface area contributed by atoms with Crippen molar-refractivity contribution in [3.8, 4) is 12.3 Å². The molecule has 2 rings (SSSR count). The highest BCUT2D eigenvalue weighted by Gasteiger charge is 2.18. The van der Waals surface area contributed by atoms with Crippen LogP contribution in [0.25, 0.3) is 0 Å². The van der Waals surface area contributed by atoms with Crippen molar-refractivity contribution in [2.24, 2.45) is 0 Å². The van der Waals surface area contributed by atoms with Gasteiger partial charge in [0, 0.05) is 33.8 Å². The lowest BCUT2D eigenvalue weighted by Crippen LogP contribution is -2.39. The summed E-state index contributed by atoms with van der Waals surface area (Å²) in [6, 6.07) is 6.76. The molecule has 0 bridgehead atoms. The van der Waals surface area contributed by atoms with E-state index in [1.54, 1.807) is 0 Å². The molecule has 1 aliphatic heterocycles. The Morgan fingerprint density at radius 1 is 1.33 bits per heavy atom. The number of nitrogens with zero attached hydrogens (tertiary/aromatic N) is 1. The van der Waals surface area contributed by atoms with Crippen LogP contribution in [0, 0.1) is 12.3 Å². The number of hydrogen-bond donors (Lipinski definition) is 1. The molecule has 1 heterocycles. The summed E-state index contributed by atoms with van der Waals surface area (Å²) in [5.74, 6) is 2.71. The first-order chi connectivity index (χ1) is 8.69. The van der Waals surface area contributed by atoms with E-state index in [1.165, 1.54) is 0 Å². The Morgan fingerprint density at radius 2 is 2.06 bits per heavy atom. The Kier molecular flexibility index (Phi) is 5.11. The summed E-state index contributed by atoms with van der Waals surface area (Å²) in [4.78, 5) is 2.33. The predicted molar refractivity (Wildman–Crippen MR) is 83.8 cm³/mol. The zero-order valence-electron chi connectivity index (χ0n) is 10.1. The van der Waals surface area contributed by atoms with Crippen molar-refractivity contribution in [2.45, 2.75) is 18.9 Å². The Hall–Kier alpha value is -0.500. The van der Waals surface area contributed by atoms with Crippen LogP contribution in [-0.2, 0) is 0 Å². The van der Waals surface area contributed by atoms with Crippen LogP contribution >= 0.6 is 31.9 Å². The first kappa shape index (κ1) is 13.9. The molecule has 1 aromatic rings. The molecular weight excluding hydrogens is 356 g/mol. The first-order valence-corrected chi connectivity index (χ1v) is 7.65. The molecule has 0 unspecified atom stereocenters. The quantitative estimate of drug-likeness (QED) is 0.814. The van der Waals surface area contributed by atoms with Crippen molar-refractivity contribution in [1.82, 2.24) is 4.90 Å².